The van der Waals surface area contributed by atoms with Gasteiger partial charge in [-0.05, 0) is 104 Å². The molecule has 8 rings (SSSR count). The van der Waals surface area contributed by atoms with Crippen molar-refractivity contribution in [2.75, 3.05) is 0 Å². The second-order valence-corrected chi connectivity index (χ2v) is 19.0. The van der Waals surface area contributed by atoms with E-state index in [0.29, 0.717) is 5.92 Å². The summed E-state index contributed by atoms with van der Waals surface area (Å²) in [6.07, 6.45) is 1.97. The SMILES string of the molecule is CC(C)c1cc(-c2ccc(-c3ccccc3)cn2)cc(-c2cccc3c2nc(-c2cc(C(C)(C)C)cc(C(C)(C)C)c2O)n3-c2ccc(-c3ccccc3)cc2C(C)C)c1. The lowest BCUT2D eigenvalue weighted by Crippen LogP contribution is -2.17. The zero-order valence-corrected chi connectivity index (χ0v) is 36.8. The van der Waals surface area contributed by atoms with Crippen molar-refractivity contribution in [1.82, 2.24) is 14.5 Å². The van der Waals surface area contributed by atoms with Gasteiger partial charge in [-0.2, -0.15) is 0 Å². The minimum Gasteiger partial charge on any atom is -0.507 e. The molecule has 2 heterocycles. The van der Waals surface area contributed by atoms with Crippen molar-refractivity contribution in [3.8, 4) is 67.5 Å². The van der Waals surface area contributed by atoms with Crippen molar-refractivity contribution < 1.29 is 5.11 Å². The number of para-hydroxylation sites is 1. The van der Waals surface area contributed by atoms with Gasteiger partial charge >= 0.3 is 0 Å². The van der Waals surface area contributed by atoms with E-state index in [1.807, 2.05) is 12.3 Å². The van der Waals surface area contributed by atoms with Crippen molar-refractivity contribution in [3.63, 3.8) is 0 Å². The molecule has 0 bridgehead atoms. The van der Waals surface area contributed by atoms with Crippen LogP contribution in [-0.4, -0.2) is 19.6 Å². The number of pyridine rings is 1. The van der Waals surface area contributed by atoms with Gasteiger partial charge in [-0.15, -0.1) is 0 Å². The monoisotopic (exact) mass is 787 g/mol. The second-order valence-electron chi connectivity index (χ2n) is 19.0. The average molecular weight is 788 g/mol. The lowest BCUT2D eigenvalue weighted by Gasteiger charge is -2.28. The van der Waals surface area contributed by atoms with E-state index in [2.05, 4.69) is 207 Å². The standard InChI is InChI=1S/C56H57N3O/c1-35(2)41-28-42(30-43(29-41)49-26-24-40(34-57-49)38-20-15-12-16-21-38)45-22-17-23-51-52(45)58-54(47-32-44(55(5,6)7)33-48(53(47)60)56(8,9)10)59(51)50-27-25-39(31-46(50)36(3)4)37-18-13-11-14-19-37/h11-36,60H,1-10H3. The van der Waals surface area contributed by atoms with Crippen LogP contribution in [-0.2, 0) is 10.8 Å². The van der Waals surface area contributed by atoms with E-state index in [1.165, 1.54) is 22.3 Å². The van der Waals surface area contributed by atoms with E-state index in [-0.39, 0.29) is 22.5 Å². The lowest BCUT2D eigenvalue weighted by atomic mass is 9.79. The molecule has 4 heteroatoms. The van der Waals surface area contributed by atoms with Gasteiger partial charge in [0, 0.05) is 28.5 Å². The second kappa shape index (κ2) is 15.7. The molecule has 0 saturated carbocycles. The molecule has 0 radical (unpaired) electrons. The highest BCUT2D eigenvalue weighted by Crippen LogP contribution is 2.45. The van der Waals surface area contributed by atoms with Crippen LogP contribution in [0.4, 0.5) is 0 Å². The Hall–Kier alpha value is -6.26. The molecule has 6 aromatic carbocycles. The molecular weight excluding hydrogens is 731 g/mol. The Morgan fingerprint density at radius 3 is 1.78 bits per heavy atom. The molecule has 8 aromatic rings. The van der Waals surface area contributed by atoms with Crippen LogP contribution in [0.3, 0.4) is 0 Å². The number of benzene rings is 6. The molecule has 0 saturated heterocycles. The maximum atomic E-state index is 12.4. The summed E-state index contributed by atoms with van der Waals surface area (Å²) in [6, 6.07) is 49.8. The van der Waals surface area contributed by atoms with Gasteiger partial charge in [0.05, 0.1) is 28.0 Å². The molecule has 0 amide bonds. The van der Waals surface area contributed by atoms with E-state index in [1.54, 1.807) is 0 Å². The van der Waals surface area contributed by atoms with E-state index in [9.17, 15) is 5.11 Å². The Balaban J connectivity index is 1.40. The third-order valence-corrected chi connectivity index (χ3v) is 11.8. The molecule has 2 aromatic heterocycles. The van der Waals surface area contributed by atoms with Crippen LogP contribution in [0.15, 0.2) is 146 Å². The number of phenolic OH excluding ortho intramolecular Hbond substituents is 1. The van der Waals surface area contributed by atoms with E-state index >= 15 is 0 Å². The number of rotatable bonds is 8. The van der Waals surface area contributed by atoms with Gasteiger partial charge < -0.3 is 5.11 Å². The molecule has 0 aliphatic heterocycles. The fourth-order valence-corrected chi connectivity index (χ4v) is 8.25. The van der Waals surface area contributed by atoms with Crippen LogP contribution < -0.4 is 0 Å². The summed E-state index contributed by atoms with van der Waals surface area (Å²) < 4.78 is 2.30. The van der Waals surface area contributed by atoms with Crippen molar-refractivity contribution in [3.05, 3.63) is 168 Å². The Labute approximate surface area is 356 Å². The molecule has 0 aliphatic carbocycles. The quantitative estimate of drug-likeness (QED) is 0.167. The zero-order valence-electron chi connectivity index (χ0n) is 36.8. The minimum absolute atomic E-state index is 0.161. The van der Waals surface area contributed by atoms with Crippen molar-refractivity contribution in [2.24, 2.45) is 0 Å². The van der Waals surface area contributed by atoms with E-state index in [4.69, 9.17) is 9.97 Å². The number of hydrogen-bond donors (Lipinski definition) is 1. The number of hydrogen-bond acceptors (Lipinski definition) is 3. The Morgan fingerprint density at radius 2 is 1.18 bits per heavy atom. The predicted octanol–water partition coefficient (Wildman–Crippen LogP) is 15.3. The first-order valence-corrected chi connectivity index (χ1v) is 21.3. The summed E-state index contributed by atoms with van der Waals surface area (Å²) in [6.45, 7) is 22.2. The molecule has 0 aliphatic rings. The Kier molecular flexibility index (Phi) is 10.6. The van der Waals surface area contributed by atoms with Crippen molar-refractivity contribution in [2.45, 2.75) is 91.9 Å². The van der Waals surface area contributed by atoms with Gasteiger partial charge in [-0.1, -0.05) is 166 Å². The number of nitrogens with zero attached hydrogens (tertiary/aromatic N) is 3. The number of fused-ring (bicyclic) bond motifs is 1. The van der Waals surface area contributed by atoms with Crippen LogP contribution in [0.5, 0.6) is 5.75 Å². The van der Waals surface area contributed by atoms with E-state index in [0.717, 1.165) is 72.7 Å². The molecule has 0 atom stereocenters. The van der Waals surface area contributed by atoms with Gasteiger partial charge in [-0.3, -0.25) is 9.55 Å². The molecule has 0 unspecified atom stereocenters. The fraction of sp³-hybridized carbons (Fsp3) is 0.250. The molecule has 302 valence electrons. The summed E-state index contributed by atoms with van der Waals surface area (Å²) in [7, 11) is 0. The molecule has 60 heavy (non-hydrogen) atoms. The lowest BCUT2D eigenvalue weighted by molar-refractivity contribution is 0.446. The summed E-state index contributed by atoms with van der Waals surface area (Å²) in [4.78, 5) is 10.6. The largest absolute Gasteiger partial charge is 0.507 e. The van der Waals surface area contributed by atoms with Crippen molar-refractivity contribution in [1.29, 1.82) is 0 Å². The summed E-state index contributed by atoms with van der Waals surface area (Å²) in [5, 5.41) is 12.4. The van der Waals surface area contributed by atoms with Crippen LogP contribution in [0, 0.1) is 0 Å². The van der Waals surface area contributed by atoms with Gasteiger partial charge in [0.15, 0.2) is 0 Å². The first-order chi connectivity index (χ1) is 28.6. The van der Waals surface area contributed by atoms with Crippen LogP contribution >= 0.6 is 0 Å². The number of phenols is 1. The van der Waals surface area contributed by atoms with Gasteiger partial charge in [-0.25, -0.2) is 4.98 Å². The molecule has 4 nitrogen and oxygen atoms in total. The van der Waals surface area contributed by atoms with Gasteiger partial charge in [0.1, 0.15) is 11.6 Å². The highest BCUT2D eigenvalue weighted by atomic mass is 16.3. The highest BCUT2D eigenvalue weighted by molar-refractivity contribution is 5.97. The first kappa shape index (κ1) is 40.5. The number of imidazole rings is 1. The predicted molar refractivity (Wildman–Crippen MR) is 253 cm³/mol. The Morgan fingerprint density at radius 1 is 0.533 bits per heavy atom. The summed E-state index contributed by atoms with van der Waals surface area (Å²) in [5.41, 5.74) is 16.4. The van der Waals surface area contributed by atoms with Crippen LogP contribution in [0.1, 0.15) is 103 Å². The third kappa shape index (κ3) is 7.79. The van der Waals surface area contributed by atoms with E-state index < -0.39 is 0 Å². The topological polar surface area (TPSA) is 50.9 Å². The summed E-state index contributed by atoms with van der Waals surface area (Å²) >= 11 is 0. The highest BCUT2D eigenvalue weighted by Gasteiger charge is 2.29. The summed E-state index contributed by atoms with van der Waals surface area (Å²) in [5.74, 6) is 1.50. The van der Waals surface area contributed by atoms with Crippen molar-refractivity contribution >= 4 is 11.0 Å². The normalized spacial score (nSPS) is 12.2. The first-order valence-electron chi connectivity index (χ1n) is 21.3. The van der Waals surface area contributed by atoms with Gasteiger partial charge in [0.2, 0.25) is 0 Å². The smallest absolute Gasteiger partial charge is 0.149 e. The molecule has 1 N–H and O–H groups in total. The minimum atomic E-state index is -0.302. The molecule has 0 spiro atoms. The Bertz CT molecular complexity index is 2820. The maximum absolute atomic E-state index is 12.4. The maximum Gasteiger partial charge on any atom is 0.149 e. The van der Waals surface area contributed by atoms with Gasteiger partial charge in [0.25, 0.3) is 0 Å². The third-order valence-electron chi connectivity index (χ3n) is 11.8. The number of aromatic hydroxyl groups is 1. The fourth-order valence-electron chi connectivity index (χ4n) is 8.25. The van der Waals surface area contributed by atoms with Crippen LogP contribution in [0.2, 0.25) is 0 Å². The average Bonchev–Trinajstić information content (AvgIpc) is 3.62. The van der Waals surface area contributed by atoms with Crippen LogP contribution in [0.25, 0.3) is 72.7 Å². The molecular formula is C56H57N3O. The molecule has 0 fully saturated rings. The number of aromatic nitrogens is 3. The zero-order chi connectivity index (χ0) is 42.5.